The van der Waals surface area contributed by atoms with Crippen LogP contribution in [0.1, 0.15) is 29.8 Å². The van der Waals surface area contributed by atoms with E-state index in [9.17, 15) is 4.79 Å². The molecule has 10 nitrogen and oxygen atoms in total. The minimum Gasteiger partial charge on any atom is -0.368 e. The molecule has 2 fully saturated rings. The van der Waals surface area contributed by atoms with Crippen LogP contribution in [-0.2, 0) is 0 Å². The topological polar surface area (TPSA) is 103 Å². The first-order valence-electron chi connectivity index (χ1n) is 11.3. The summed E-state index contributed by atoms with van der Waals surface area (Å²) >= 11 is 0. The first-order valence-corrected chi connectivity index (χ1v) is 11.3. The molecule has 32 heavy (non-hydrogen) atoms. The Kier molecular flexibility index (Phi) is 5.76. The van der Waals surface area contributed by atoms with Crippen LogP contribution in [-0.4, -0.2) is 71.9 Å². The Bertz CT molecular complexity index is 1080. The van der Waals surface area contributed by atoms with Gasteiger partial charge in [-0.25, -0.2) is 14.6 Å². The molecule has 5 rings (SSSR count). The van der Waals surface area contributed by atoms with Crippen molar-refractivity contribution in [3.8, 4) is 0 Å². The van der Waals surface area contributed by atoms with Crippen LogP contribution in [0.3, 0.4) is 0 Å². The zero-order chi connectivity index (χ0) is 21.9. The van der Waals surface area contributed by atoms with Crippen molar-refractivity contribution in [1.29, 1.82) is 0 Å². The Hall–Kier alpha value is -3.40. The van der Waals surface area contributed by atoms with Gasteiger partial charge in [-0.1, -0.05) is 0 Å². The van der Waals surface area contributed by atoms with Gasteiger partial charge in [0.05, 0.1) is 11.9 Å². The molecule has 3 N–H and O–H groups in total. The van der Waals surface area contributed by atoms with Gasteiger partial charge >= 0.3 is 0 Å². The number of amides is 1. The van der Waals surface area contributed by atoms with Crippen LogP contribution in [0.5, 0.6) is 0 Å². The molecule has 3 aromatic heterocycles. The Balaban J connectivity index is 1.42. The molecule has 1 amide bonds. The first-order chi connectivity index (χ1) is 15.7. The average molecular weight is 436 g/mol. The number of nitrogens with zero attached hydrogens (tertiary/aromatic N) is 6. The van der Waals surface area contributed by atoms with Crippen molar-refractivity contribution in [3.63, 3.8) is 0 Å². The van der Waals surface area contributed by atoms with Gasteiger partial charge in [0.1, 0.15) is 11.5 Å². The molecular weight excluding hydrogens is 406 g/mol. The lowest BCUT2D eigenvalue weighted by atomic mass is 10.2. The highest BCUT2D eigenvalue weighted by Crippen LogP contribution is 2.23. The average Bonchev–Trinajstić information content (AvgIpc) is 3.24. The van der Waals surface area contributed by atoms with Crippen molar-refractivity contribution >= 4 is 34.4 Å². The predicted molar refractivity (Wildman–Crippen MR) is 125 cm³/mol. The number of carbonyl (C=O) groups is 1. The maximum atomic E-state index is 12.5. The number of anilines is 3. The zero-order valence-electron chi connectivity index (χ0n) is 18.3. The highest BCUT2D eigenvalue weighted by molar-refractivity contribution is 5.98. The van der Waals surface area contributed by atoms with Crippen molar-refractivity contribution in [2.75, 3.05) is 61.5 Å². The van der Waals surface area contributed by atoms with E-state index in [0.29, 0.717) is 17.5 Å². The number of nitrogens with one attached hydrogen (secondary N) is 3. The summed E-state index contributed by atoms with van der Waals surface area (Å²) in [5, 5.41) is 12.4. The van der Waals surface area contributed by atoms with Gasteiger partial charge in [-0.05, 0) is 37.5 Å². The molecule has 0 bridgehead atoms. The Morgan fingerprint density at radius 1 is 1.03 bits per heavy atom. The van der Waals surface area contributed by atoms with Gasteiger partial charge < -0.3 is 25.9 Å². The number of pyridine rings is 1. The fraction of sp³-hybridized carbons (Fsp3) is 0.455. The second-order valence-electron chi connectivity index (χ2n) is 8.17. The van der Waals surface area contributed by atoms with E-state index in [2.05, 4.69) is 41.9 Å². The van der Waals surface area contributed by atoms with Crippen molar-refractivity contribution in [3.05, 3.63) is 36.3 Å². The molecule has 3 aromatic rings. The summed E-state index contributed by atoms with van der Waals surface area (Å²) in [5.74, 6) is 1.01. The van der Waals surface area contributed by atoms with Gasteiger partial charge in [-0.2, -0.15) is 4.98 Å². The minimum atomic E-state index is -0.131. The maximum Gasteiger partial charge on any atom is 0.269 e. The standard InChI is InChI=1S/C22H29N9O/c1-23-21(32)18-13-16-14-26-22(28-20(16)31(18)30-9-3-2-4-10-30)27-19-6-5-17(15-25-19)29-11-7-24-8-12-29/h5-6,13-15,24H,2-4,7-12H2,1H3,(H,23,32)(H,25,26,27,28). The quantitative estimate of drug-likeness (QED) is 0.554. The molecule has 0 unspecified atom stereocenters. The summed E-state index contributed by atoms with van der Waals surface area (Å²) in [6.45, 7) is 5.74. The van der Waals surface area contributed by atoms with Crippen molar-refractivity contribution < 1.29 is 4.79 Å². The van der Waals surface area contributed by atoms with E-state index in [4.69, 9.17) is 4.98 Å². The molecule has 0 aliphatic carbocycles. The normalized spacial score (nSPS) is 16.9. The third-order valence-electron chi connectivity index (χ3n) is 6.06. The van der Waals surface area contributed by atoms with Crippen molar-refractivity contribution in [2.45, 2.75) is 19.3 Å². The van der Waals surface area contributed by atoms with Crippen LogP contribution in [0.15, 0.2) is 30.6 Å². The molecule has 0 saturated carbocycles. The van der Waals surface area contributed by atoms with Crippen molar-refractivity contribution in [1.82, 2.24) is 30.3 Å². The van der Waals surface area contributed by atoms with Gasteiger partial charge in [0.15, 0.2) is 5.65 Å². The summed E-state index contributed by atoms with van der Waals surface area (Å²) in [5.41, 5.74) is 2.41. The van der Waals surface area contributed by atoms with Crippen LogP contribution < -0.4 is 25.9 Å². The fourth-order valence-corrected chi connectivity index (χ4v) is 4.37. The smallest absolute Gasteiger partial charge is 0.269 e. The van der Waals surface area contributed by atoms with E-state index in [1.807, 2.05) is 23.0 Å². The molecular formula is C22H29N9O. The SMILES string of the molecule is CNC(=O)c1cc2cnc(Nc3ccc(N4CCNCC4)cn3)nc2n1N1CCCCC1. The summed E-state index contributed by atoms with van der Waals surface area (Å²) in [7, 11) is 1.65. The van der Waals surface area contributed by atoms with E-state index in [1.165, 1.54) is 6.42 Å². The number of fused-ring (bicyclic) bond motifs is 1. The number of aromatic nitrogens is 4. The molecule has 10 heteroatoms. The largest absolute Gasteiger partial charge is 0.368 e. The lowest BCUT2D eigenvalue weighted by molar-refractivity contribution is 0.0953. The van der Waals surface area contributed by atoms with E-state index in [0.717, 1.165) is 68.8 Å². The summed E-state index contributed by atoms with van der Waals surface area (Å²) in [6.07, 6.45) is 7.06. The lowest BCUT2D eigenvalue weighted by Gasteiger charge is -2.31. The third kappa shape index (κ3) is 4.05. The number of hydrogen-bond acceptors (Lipinski definition) is 8. The summed E-state index contributed by atoms with van der Waals surface area (Å²) in [6, 6.07) is 5.87. The molecule has 168 valence electrons. The van der Waals surface area contributed by atoms with Gasteiger partial charge in [-0.3, -0.25) is 4.79 Å². The van der Waals surface area contributed by atoms with Crippen LogP contribution >= 0.6 is 0 Å². The molecule has 2 aliphatic rings. The Morgan fingerprint density at radius 2 is 1.84 bits per heavy atom. The van der Waals surface area contributed by atoms with Crippen molar-refractivity contribution in [2.24, 2.45) is 0 Å². The number of carbonyl (C=O) groups excluding carboxylic acids is 1. The molecule has 2 saturated heterocycles. The second kappa shape index (κ2) is 8.99. The lowest BCUT2D eigenvalue weighted by Crippen LogP contribution is -2.43. The van der Waals surface area contributed by atoms with Gasteiger partial charge in [0.25, 0.3) is 5.91 Å². The monoisotopic (exact) mass is 435 g/mol. The number of piperidine rings is 1. The van der Waals surface area contributed by atoms with Gasteiger partial charge in [-0.15, -0.1) is 0 Å². The maximum absolute atomic E-state index is 12.5. The molecule has 0 atom stereocenters. The van der Waals surface area contributed by atoms with Crippen LogP contribution in [0.2, 0.25) is 0 Å². The van der Waals surface area contributed by atoms with Crippen LogP contribution in [0.4, 0.5) is 17.5 Å². The van der Waals surface area contributed by atoms with E-state index >= 15 is 0 Å². The number of piperazine rings is 1. The van der Waals surface area contributed by atoms with E-state index < -0.39 is 0 Å². The predicted octanol–water partition coefficient (Wildman–Crippen LogP) is 1.46. The Morgan fingerprint density at radius 3 is 2.56 bits per heavy atom. The molecule has 0 aromatic carbocycles. The van der Waals surface area contributed by atoms with Crippen LogP contribution in [0.25, 0.3) is 11.0 Å². The molecule has 0 spiro atoms. The zero-order valence-corrected chi connectivity index (χ0v) is 18.3. The summed E-state index contributed by atoms with van der Waals surface area (Å²) in [4.78, 5) is 28.6. The van der Waals surface area contributed by atoms with Gasteiger partial charge in [0, 0.05) is 57.9 Å². The molecule has 2 aliphatic heterocycles. The summed E-state index contributed by atoms with van der Waals surface area (Å²) < 4.78 is 1.95. The second-order valence-corrected chi connectivity index (χ2v) is 8.17. The highest BCUT2D eigenvalue weighted by atomic mass is 16.2. The fourth-order valence-electron chi connectivity index (χ4n) is 4.37. The van der Waals surface area contributed by atoms with Gasteiger partial charge in [0.2, 0.25) is 5.95 Å². The number of rotatable bonds is 5. The van der Waals surface area contributed by atoms with E-state index in [1.54, 1.807) is 13.2 Å². The Labute approximate surface area is 187 Å². The molecule has 0 radical (unpaired) electrons. The molecule has 5 heterocycles. The van der Waals surface area contributed by atoms with E-state index in [-0.39, 0.29) is 5.91 Å². The number of hydrogen-bond donors (Lipinski definition) is 3. The highest BCUT2D eigenvalue weighted by Gasteiger charge is 2.22. The van der Waals surface area contributed by atoms with Crippen LogP contribution in [0, 0.1) is 0 Å². The minimum absolute atomic E-state index is 0.131. The third-order valence-corrected chi connectivity index (χ3v) is 6.06. The first kappa shape index (κ1) is 20.5.